The van der Waals surface area contributed by atoms with E-state index in [9.17, 15) is 4.79 Å². The van der Waals surface area contributed by atoms with Gasteiger partial charge < -0.3 is 4.74 Å². The Morgan fingerprint density at radius 2 is 1.33 bits per heavy atom. The highest BCUT2D eigenvalue weighted by Crippen LogP contribution is 2.27. The minimum absolute atomic E-state index is 0.250. The topological polar surface area (TPSA) is 26.3 Å². The van der Waals surface area contributed by atoms with Gasteiger partial charge in [-0.15, -0.1) is 6.42 Å². The van der Waals surface area contributed by atoms with Crippen LogP contribution in [0, 0.1) is 12.3 Å². The van der Waals surface area contributed by atoms with E-state index in [0.29, 0.717) is 0 Å². The molecule has 0 heterocycles. The highest BCUT2D eigenvalue weighted by atomic mass is 16.6. The predicted molar refractivity (Wildman–Crippen MR) is 74.1 cm³/mol. The number of hydrogen-bond acceptors (Lipinski definition) is 2. The molecule has 0 aromatic rings. The Morgan fingerprint density at radius 1 is 0.944 bits per heavy atom. The standard InChI is InChI=1S/C16H26O2/c1-3-16(18-15(2)17)13-11-9-7-5-4-6-8-10-12-14-16/h1H,4-14H2,2H3. The summed E-state index contributed by atoms with van der Waals surface area (Å²) in [5, 5.41) is 0. The normalized spacial score (nSPS) is 22.0. The van der Waals surface area contributed by atoms with Gasteiger partial charge in [-0.1, -0.05) is 50.9 Å². The van der Waals surface area contributed by atoms with Crippen molar-refractivity contribution in [2.24, 2.45) is 0 Å². The van der Waals surface area contributed by atoms with E-state index >= 15 is 0 Å². The second-order valence-electron chi connectivity index (χ2n) is 5.41. The van der Waals surface area contributed by atoms with Gasteiger partial charge in [0.1, 0.15) is 0 Å². The van der Waals surface area contributed by atoms with Gasteiger partial charge in [0.15, 0.2) is 5.60 Å². The summed E-state index contributed by atoms with van der Waals surface area (Å²) in [6.45, 7) is 1.45. The summed E-state index contributed by atoms with van der Waals surface area (Å²) in [5.41, 5.74) is -0.634. The average molecular weight is 250 g/mol. The summed E-state index contributed by atoms with van der Waals surface area (Å²) in [7, 11) is 0. The van der Waals surface area contributed by atoms with Crippen molar-refractivity contribution >= 4 is 5.97 Å². The van der Waals surface area contributed by atoms with Gasteiger partial charge in [-0.25, -0.2) is 0 Å². The third kappa shape index (κ3) is 5.58. The lowest BCUT2D eigenvalue weighted by Gasteiger charge is -2.28. The fraction of sp³-hybridized carbons (Fsp3) is 0.812. The molecule has 0 spiro atoms. The quantitative estimate of drug-likeness (QED) is 0.514. The second kappa shape index (κ2) is 8.19. The van der Waals surface area contributed by atoms with Gasteiger partial charge in [0, 0.05) is 6.92 Å². The maximum atomic E-state index is 11.2. The van der Waals surface area contributed by atoms with Crippen LogP contribution in [0.4, 0.5) is 0 Å². The van der Waals surface area contributed by atoms with E-state index in [1.165, 1.54) is 51.9 Å². The van der Waals surface area contributed by atoms with Crippen LogP contribution in [0.3, 0.4) is 0 Å². The lowest BCUT2D eigenvalue weighted by atomic mass is 9.89. The smallest absolute Gasteiger partial charge is 0.304 e. The first-order chi connectivity index (χ1) is 8.68. The van der Waals surface area contributed by atoms with Gasteiger partial charge in [-0.3, -0.25) is 4.79 Å². The van der Waals surface area contributed by atoms with E-state index in [-0.39, 0.29) is 5.97 Å². The van der Waals surface area contributed by atoms with E-state index in [1.807, 2.05) is 0 Å². The molecule has 2 heteroatoms. The van der Waals surface area contributed by atoms with Gasteiger partial charge in [0.25, 0.3) is 0 Å². The van der Waals surface area contributed by atoms with Crippen LogP contribution in [0.15, 0.2) is 0 Å². The molecule has 0 saturated heterocycles. The first kappa shape index (κ1) is 15.1. The Kier molecular flexibility index (Phi) is 6.86. The minimum atomic E-state index is -0.634. The molecule has 0 amide bonds. The molecule has 18 heavy (non-hydrogen) atoms. The number of ether oxygens (including phenoxy) is 1. The third-order valence-electron chi connectivity index (χ3n) is 3.76. The predicted octanol–water partition coefficient (Wildman–Crippen LogP) is 4.23. The zero-order valence-corrected chi connectivity index (χ0v) is 11.7. The van der Waals surface area contributed by atoms with Crippen molar-refractivity contribution in [3.05, 3.63) is 0 Å². The number of terminal acetylenes is 1. The molecule has 0 aromatic heterocycles. The molecule has 0 N–H and O–H groups in total. The maximum Gasteiger partial charge on any atom is 0.304 e. The summed E-state index contributed by atoms with van der Waals surface area (Å²) >= 11 is 0. The van der Waals surface area contributed by atoms with Crippen LogP contribution < -0.4 is 0 Å². The summed E-state index contributed by atoms with van der Waals surface area (Å²) in [4.78, 5) is 11.2. The first-order valence-corrected chi connectivity index (χ1v) is 7.36. The van der Waals surface area contributed by atoms with Crippen molar-refractivity contribution in [3.63, 3.8) is 0 Å². The first-order valence-electron chi connectivity index (χ1n) is 7.36. The van der Waals surface area contributed by atoms with Gasteiger partial charge in [-0.05, 0) is 25.7 Å². The van der Waals surface area contributed by atoms with Crippen molar-refractivity contribution in [2.75, 3.05) is 0 Å². The summed E-state index contributed by atoms with van der Waals surface area (Å²) < 4.78 is 5.46. The van der Waals surface area contributed by atoms with Crippen LogP contribution in [0.2, 0.25) is 0 Å². The Bertz CT molecular complexity index is 276. The monoisotopic (exact) mass is 250 g/mol. The highest BCUT2D eigenvalue weighted by Gasteiger charge is 2.30. The van der Waals surface area contributed by atoms with E-state index in [4.69, 9.17) is 11.2 Å². The van der Waals surface area contributed by atoms with E-state index in [0.717, 1.165) is 25.7 Å². The second-order valence-corrected chi connectivity index (χ2v) is 5.41. The summed E-state index contributed by atoms with van der Waals surface area (Å²) in [5.74, 6) is 2.51. The molecule has 1 aliphatic carbocycles. The molecule has 102 valence electrons. The summed E-state index contributed by atoms with van der Waals surface area (Å²) in [6, 6.07) is 0. The van der Waals surface area contributed by atoms with E-state index in [2.05, 4.69) is 5.92 Å². The number of rotatable bonds is 1. The third-order valence-corrected chi connectivity index (χ3v) is 3.76. The van der Waals surface area contributed by atoms with E-state index in [1.54, 1.807) is 0 Å². The fourth-order valence-electron chi connectivity index (χ4n) is 2.73. The van der Waals surface area contributed by atoms with Crippen LogP contribution >= 0.6 is 0 Å². The lowest BCUT2D eigenvalue weighted by Crippen LogP contribution is -2.33. The molecule has 1 fully saturated rings. The van der Waals surface area contributed by atoms with Crippen LogP contribution in [-0.2, 0) is 9.53 Å². The molecule has 1 rings (SSSR count). The van der Waals surface area contributed by atoms with E-state index < -0.39 is 5.60 Å². The van der Waals surface area contributed by atoms with Gasteiger partial charge in [-0.2, -0.15) is 0 Å². The largest absolute Gasteiger partial charge is 0.446 e. The SMILES string of the molecule is C#CC1(OC(C)=O)CCCCCCCCCCC1. The summed E-state index contributed by atoms with van der Waals surface area (Å²) in [6.07, 6.45) is 18.4. The Labute approximate surface area is 111 Å². The van der Waals surface area contributed by atoms with Crippen molar-refractivity contribution < 1.29 is 9.53 Å². The maximum absolute atomic E-state index is 11.2. The number of carbonyl (C=O) groups is 1. The van der Waals surface area contributed by atoms with Gasteiger partial charge >= 0.3 is 5.97 Å². The number of hydrogen-bond donors (Lipinski definition) is 0. The molecule has 0 bridgehead atoms. The van der Waals surface area contributed by atoms with Gasteiger partial charge in [0.05, 0.1) is 0 Å². The highest BCUT2D eigenvalue weighted by molar-refractivity contribution is 5.67. The molecule has 0 atom stereocenters. The van der Waals surface area contributed by atoms with Crippen molar-refractivity contribution in [3.8, 4) is 12.3 Å². The zero-order valence-electron chi connectivity index (χ0n) is 11.7. The van der Waals surface area contributed by atoms with Gasteiger partial charge in [0.2, 0.25) is 0 Å². The van der Waals surface area contributed by atoms with Crippen LogP contribution in [0.1, 0.15) is 77.6 Å². The number of esters is 1. The van der Waals surface area contributed by atoms with Crippen molar-refractivity contribution in [2.45, 2.75) is 83.2 Å². The fourth-order valence-corrected chi connectivity index (χ4v) is 2.73. The lowest BCUT2D eigenvalue weighted by molar-refractivity contribution is -0.152. The molecular formula is C16H26O2. The average Bonchev–Trinajstić information content (AvgIpc) is 2.32. The van der Waals surface area contributed by atoms with Crippen molar-refractivity contribution in [1.29, 1.82) is 0 Å². The molecular weight excluding hydrogens is 224 g/mol. The number of carbonyl (C=O) groups excluding carboxylic acids is 1. The van der Waals surface area contributed by atoms with Crippen LogP contribution in [0.5, 0.6) is 0 Å². The Morgan fingerprint density at radius 3 is 1.67 bits per heavy atom. The zero-order chi connectivity index (χ0) is 13.3. The van der Waals surface area contributed by atoms with Crippen molar-refractivity contribution in [1.82, 2.24) is 0 Å². The molecule has 2 nitrogen and oxygen atoms in total. The Balaban J connectivity index is 2.58. The minimum Gasteiger partial charge on any atom is -0.446 e. The Hall–Kier alpha value is -0.970. The molecule has 0 unspecified atom stereocenters. The van der Waals surface area contributed by atoms with Crippen LogP contribution in [0.25, 0.3) is 0 Å². The molecule has 1 saturated carbocycles. The molecule has 0 radical (unpaired) electrons. The molecule has 1 aliphatic rings. The van der Waals surface area contributed by atoms with Crippen LogP contribution in [-0.4, -0.2) is 11.6 Å². The molecule has 0 aliphatic heterocycles. The molecule has 0 aromatic carbocycles.